The normalized spacial score (nSPS) is 11.7. The number of benzene rings is 3. The monoisotopic (exact) mass is 382 g/mol. The van der Waals surface area contributed by atoms with Gasteiger partial charge in [0, 0.05) is 12.6 Å². The molecule has 0 heterocycles. The van der Waals surface area contributed by atoms with Gasteiger partial charge in [-0.05, 0) is 40.1 Å². The Morgan fingerprint density at radius 3 is 2.56 bits per heavy atom. The summed E-state index contributed by atoms with van der Waals surface area (Å²) in [5, 5.41) is 10.5. The van der Waals surface area contributed by atoms with Gasteiger partial charge in [-0.1, -0.05) is 54.6 Å². The second-order valence-corrected chi connectivity index (χ2v) is 7.61. The first-order valence-electron chi connectivity index (χ1n) is 8.18. The number of rotatable bonds is 6. The minimum absolute atomic E-state index is 0.0919. The third-order valence-corrected chi connectivity index (χ3v) is 5.44. The molecule has 138 valence electrons. The molecule has 7 heteroatoms. The largest absolute Gasteiger partial charge is 0.288 e. The highest BCUT2D eigenvalue weighted by atomic mass is 32.2. The molecule has 6 nitrogen and oxygen atoms in total. The lowest BCUT2D eigenvalue weighted by Crippen LogP contribution is -2.23. The van der Waals surface area contributed by atoms with Crippen molar-refractivity contribution in [2.75, 3.05) is 0 Å². The van der Waals surface area contributed by atoms with Crippen molar-refractivity contribution in [1.82, 2.24) is 10.2 Å². The first kappa shape index (κ1) is 18.8. The van der Waals surface area contributed by atoms with E-state index in [9.17, 15) is 13.2 Å². The number of hydrogen-bond acceptors (Lipinski definition) is 4. The highest BCUT2D eigenvalue weighted by Gasteiger charge is 2.14. The van der Waals surface area contributed by atoms with Gasteiger partial charge in [0.2, 0.25) is 10.0 Å². The van der Waals surface area contributed by atoms with Crippen molar-refractivity contribution in [2.45, 2.75) is 11.4 Å². The molecule has 27 heavy (non-hydrogen) atoms. The van der Waals surface area contributed by atoms with Crippen LogP contribution in [-0.2, 0) is 21.4 Å². The molecular formula is C20H18N2O4S. The number of carbonyl (C=O) groups is 1. The van der Waals surface area contributed by atoms with Crippen molar-refractivity contribution < 1.29 is 18.4 Å². The SMILES string of the molecule is O=C(/C=C/c1cccc(S(=O)(=O)NCc2cccc3ccccc23)c1)NO. The van der Waals surface area contributed by atoms with E-state index in [1.54, 1.807) is 12.1 Å². The highest BCUT2D eigenvalue weighted by Crippen LogP contribution is 2.19. The molecule has 0 aliphatic carbocycles. The van der Waals surface area contributed by atoms with Gasteiger partial charge < -0.3 is 0 Å². The molecule has 0 bridgehead atoms. The molecule has 3 aromatic rings. The van der Waals surface area contributed by atoms with Gasteiger partial charge in [0.25, 0.3) is 5.91 Å². The number of sulfonamides is 1. The first-order chi connectivity index (χ1) is 13.0. The van der Waals surface area contributed by atoms with Crippen molar-refractivity contribution in [3.05, 3.63) is 83.9 Å². The standard InChI is InChI=1S/C20H18N2O4S/c23-20(22-24)12-11-15-5-3-9-18(13-15)27(25,26)21-14-17-8-4-7-16-6-1-2-10-19(16)17/h1-13,21,24H,14H2,(H,22,23)/b12-11+. The van der Waals surface area contributed by atoms with Crippen LogP contribution in [0.4, 0.5) is 0 Å². The highest BCUT2D eigenvalue weighted by molar-refractivity contribution is 7.89. The van der Waals surface area contributed by atoms with Gasteiger partial charge >= 0.3 is 0 Å². The van der Waals surface area contributed by atoms with Crippen LogP contribution in [0, 0.1) is 0 Å². The van der Waals surface area contributed by atoms with Crippen LogP contribution < -0.4 is 10.2 Å². The van der Waals surface area contributed by atoms with Crippen LogP contribution in [0.15, 0.2) is 77.7 Å². The Kier molecular flexibility index (Phi) is 5.66. The first-order valence-corrected chi connectivity index (χ1v) is 9.66. The van der Waals surface area contributed by atoms with Crippen molar-refractivity contribution >= 4 is 32.8 Å². The van der Waals surface area contributed by atoms with Crippen molar-refractivity contribution in [2.24, 2.45) is 0 Å². The summed E-state index contributed by atoms with van der Waals surface area (Å²) in [5.74, 6) is -0.697. The fourth-order valence-electron chi connectivity index (χ4n) is 2.70. The Balaban J connectivity index is 1.80. The van der Waals surface area contributed by atoms with E-state index >= 15 is 0 Å². The van der Waals surface area contributed by atoms with Crippen molar-refractivity contribution in [3.8, 4) is 0 Å². The van der Waals surface area contributed by atoms with Crippen LogP contribution in [0.5, 0.6) is 0 Å². The predicted octanol–water partition coefficient (Wildman–Crippen LogP) is 2.84. The third-order valence-electron chi connectivity index (χ3n) is 4.04. The maximum Gasteiger partial charge on any atom is 0.267 e. The summed E-state index contributed by atoms with van der Waals surface area (Å²) in [6.45, 7) is 0.163. The van der Waals surface area contributed by atoms with Gasteiger partial charge in [-0.15, -0.1) is 0 Å². The summed E-state index contributed by atoms with van der Waals surface area (Å²) in [4.78, 5) is 11.1. The quantitative estimate of drug-likeness (QED) is 0.347. The molecule has 0 unspecified atom stereocenters. The maximum atomic E-state index is 12.6. The minimum atomic E-state index is -3.73. The zero-order chi connectivity index (χ0) is 19.3. The summed E-state index contributed by atoms with van der Waals surface area (Å²) in [7, 11) is -3.73. The number of fused-ring (bicyclic) bond motifs is 1. The summed E-state index contributed by atoms with van der Waals surface area (Å²) < 4.78 is 27.9. The van der Waals surface area contributed by atoms with E-state index in [1.165, 1.54) is 23.7 Å². The second kappa shape index (κ2) is 8.13. The van der Waals surface area contributed by atoms with Gasteiger partial charge in [-0.3, -0.25) is 10.0 Å². The summed E-state index contributed by atoms with van der Waals surface area (Å²) in [6.07, 6.45) is 2.52. The molecule has 0 aliphatic rings. The van der Waals surface area contributed by atoms with Crippen LogP contribution in [0.1, 0.15) is 11.1 Å². The molecular weight excluding hydrogens is 364 g/mol. The molecule has 0 saturated heterocycles. The van der Waals surface area contributed by atoms with Crippen LogP contribution in [0.2, 0.25) is 0 Å². The average Bonchev–Trinajstić information content (AvgIpc) is 2.70. The lowest BCUT2D eigenvalue weighted by atomic mass is 10.1. The molecule has 0 spiro atoms. The van der Waals surface area contributed by atoms with Crippen LogP contribution in [0.3, 0.4) is 0 Å². The van der Waals surface area contributed by atoms with Gasteiger partial charge in [0.15, 0.2) is 0 Å². The summed E-state index contributed by atoms with van der Waals surface area (Å²) >= 11 is 0. The van der Waals surface area contributed by atoms with E-state index in [0.717, 1.165) is 22.4 Å². The van der Waals surface area contributed by atoms with Crippen molar-refractivity contribution in [1.29, 1.82) is 0 Å². The number of hydrogen-bond donors (Lipinski definition) is 3. The van der Waals surface area contributed by atoms with Gasteiger partial charge in [0.05, 0.1) is 4.90 Å². The fraction of sp³-hybridized carbons (Fsp3) is 0.0500. The Labute approximate surface area is 157 Å². The molecule has 0 atom stereocenters. The van der Waals surface area contributed by atoms with Gasteiger partial charge in [0.1, 0.15) is 0 Å². The molecule has 0 saturated carbocycles. The van der Waals surface area contributed by atoms with Gasteiger partial charge in [-0.2, -0.15) is 0 Å². The molecule has 3 N–H and O–H groups in total. The second-order valence-electron chi connectivity index (χ2n) is 5.84. The predicted molar refractivity (Wildman–Crippen MR) is 103 cm³/mol. The summed E-state index contributed by atoms with van der Waals surface area (Å²) in [5.41, 5.74) is 2.88. The summed E-state index contributed by atoms with van der Waals surface area (Å²) in [6, 6.07) is 19.7. The van der Waals surface area contributed by atoms with Crippen LogP contribution in [-0.4, -0.2) is 19.5 Å². The zero-order valence-electron chi connectivity index (χ0n) is 14.3. The van der Waals surface area contributed by atoms with E-state index in [4.69, 9.17) is 5.21 Å². The van der Waals surface area contributed by atoms with E-state index in [0.29, 0.717) is 5.56 Å². The van der Waals surface area contributed by atoms with Crippen LogP contribution in [0.25, 0.3) is 16.8 Å². The topological polar surface area (TPSA) is 95.5 Å². The molecule has 3 aromatic carbocycles. The fourth-order valence-corrected chi connectivity index (χ4v) is 3.76. The molecule has 3 rings (SSSR count). The average molecular weight is 382 g/mol. The zero-order valence-corrected chi connectivity index (χ0v) is 15.1. The van der Waals surface area contributed by atoms with E-state index in [1.807, 2.05) is 42.5 Å². The van der Waals surface area contributed by atoms with Gasteiger partial charge in [-0.25, -0.2) is 18.6 Å². The number of amides is 1. The molecule has 0 radical (unpaired) electrons. The van der Waals surface area contributed by atoms with Crippen LogP contribution >= 0.6 is 0 Å². The smallest absolute Gasteiger partial charge is 0.267 e. The molecule has 0 aliphatic heterocycles. The Morgan fingerprint density at radius 1 is 1.00 bits per heavy atom. The molecule has 0 fully saturated rings. The molecule has 1 amide bonds. The molecule has 0 aromatic heterocycles. The maximum absolute atomic E-state index is 12.6. The third kappa shape index (κ3) is 4.59. The van der Waals surface area contributed by atoms with E-state index < -0.39 is 15.9 Å². The lowest BCUT2D eigenvalue weighted by Gasteiger charge is -2.10. The number of nitrogens with one attached hydrogen (secondary N) is 2. The Morgan fingerprint density at radius 2 is 1.74 bits per heavy atom. The number of hydroxylamine groups is 1. The number of carbonyl (C=O) groups excluding carboxylic acids is 1. The Hall–Kier alpha value is -3.00. The van der Waals surface area contributed by atoms with Crippen molar-refractivity contribution in [3.63, 3.8) is 0 Å². The lowest BCUT2D eigenvalue weighted by molar-refractivity contribution is -0.124. The van der Waals surface area contributed by atoms with E-state index in [2.05, 4.69) is 4.72 Å². The minimum Gasteiger partial charge on any atom is -0.288 e. The van der Waals surface area contributed by atoms with E-state index in [-0.39, 0.29) is 11.4 Å². The Bertz CT molecular complexity index is 1100.